The molecule has 4 heteroatoms. The molecule has 0 bridgehead atoms. The van der Waals surface area contributed by atoms with Gasteiger partial charge < -0.3 is 4.57 Å². The zero-order valence-corrected chi connectivity index (χ0v) is 12.4. The number of carbonyl (C=O) groups is 1. The zero-order valence-electron chi connectivity index (χ0n) is 12.4. The van der Waals surface area contributed by atoms with Crippen LogP contribution in [0.5, 0.6) is 0 Å². The lowest BCUT2D eigenvalue weighted by molar-refractivity contribution is -0.128. The molecule has 0 N–H and O–H groups in total. The number of Topliss-reactive ketones (excluding diaryl/α,β-unsaturated/α-hetero) is 1. The van der Waals surface area contributed by atoms with E-state index < -0.39 is 0 Å². The Labute approximate surface area is 115 Å². The van der Waals surface area contributed by atoms with Crippen molar-refractivity contribution in [3.8, 4) is 0 Å². The monoisotopic (exact) mass is 263 g/mol. The number of carbonyl (C=O) groups excluding carboxylic acids is 1. The zero-order chi connectivity index (χ0) is 13.9. The van der Waals surface area contributed by atoms with Crippen LogP contribution in [0.3, 0.4) is 0 Å². The summed E-state index contributed by atoms with van der Waals surface area (Å²) in [6.07, 6.45) is 9.06. The topological polar surface area (TPSA) is 38.1 Å². The SMILES string of the molecule is Cn1ccnc1CC(=O)C(C)(C)N1CCCCCC1. The van der Waals surface area contributed by atoms with E-state index in [9.17, 15) is 4.79 Å². The summed E-state index contributed by atoms with van der Waals surface area (Å²) in [5, 5.41) is 0. The van der Waals surface area contributed by atoms with Gasteiger partial charge in [0.05, 0.1) is 12.0 Å². The summed E-state index contributed by atoms with van der Waals surface area (Å²) in [4.78, 5) is 19.2. The molecule has 0 aromatic carbocycles. The third-order valence-corrected chi connectivity index (χ3v) is 4.32. The lowest BCUT2D eigenvalue weighted by Gasteiger charge is -2.36. The standard InChI is InChI=1S/C15H25N3O/c1-15(2,18-9-6-4-5-7-10-18)13(19)12-14-16-8-11-17(14)3/h8,11H,4-7,9-10,12H2,1-3H3. The summed E-state index contributed by atoms with van der Waals surface area (Å²) >= 11 is 0. The maximum absolute atomic E-state index is 12.6. The largest absolute Gasteiger partial charge is 0.338 e. The summed E-state index contributed by atoms with van der Waals surface area (Å²) < 4.78 is 1.93. The minimum atomic E-state index is -0.379. The first kappa shape index (κ1) is 14.3. The van der Waals surface area contributed by atoms with Crippen LogP contribution in [0.15, 0.2) is 12.4 Å². The van der Waals surface area contributed by atoms with E-state index in [1.54, 1.807) is 6.20 Å². The van der Waals surface area contributed by atoms with Gasteiger partial charge >= 0.3 is 0 Å². The number of aromatic nitrogens is 2. The Morgan fingerprint density at radius 3 is 2.42 bits per heavy atom. The Balaban J connectivity index is 2.05. The molecule has 1 saturated heterocycles. The first-order valence-corrected chi connectivity index (χ1v) is 7.26. The number of aryl methyl sites for hydroxylation is 1. The molecular weight excluding hydrogens is 238 g/mol. The molecule has 106 valence electrons. The van der Waals surface area contributed by atoms with Gasteiger partial charge in [0.25, 0.3) is 0 Å². The van der Waals surface area contributed by atoms with Gasteiger partial charge in [0.15, 0.2) is 5.78 Å². The molecule has 0 amide bonds. The number of rotatable bonds is 4. The number of hydrogen-bond donors (Lipinski definition) is 0. The van der Waals surface area contributed by atoms with E-state index in [0.717, 1.165) is 18.9 Å². The van der Waals surface area contributed by atoms with Gasteiger partial charge in [-0.1, -0.05) is 12.8 Å². The molecule has 2 heterocycles. The normalized spacial score (nSPS) is 18.3. The number of ketones is 1. The third kappa shape index (κ3) is 3.24. The second-order valence-electron chi connectivity index (χ2n) is 6.01. The maximum Gasteiger partial charge on any atom is 0.160 e. The maximum atomic E-state index is 12.6. The van der Waals surface area contributed by atoms with Crippen LogP contribution in [0.1, 0.15) is 45.4 Å². The molecule has 1 aliphatic rings. The van der Waals surface area contributed by atoms with Crippen LogP contribution in [-0.4, -0.2) is 38.9 Å². The molecule has 0 radical (unpaired) electrons. The minimum Gasteiger partial charge on any atom is -0.338 e. The van der Waals surface area contributed by atoms with Crippen LogP contribution in [-0.2, 0) is 18.3 Å². The number of hydrogen-bond acceptors (Lipinski definition) is 3. The highest BCUT2D eigenvalue weighted by atomic mass is 16.1. The quantitative estimate of drug-likeness (QED) is 0.835. The molecule has 0 saturated carbocycles. The van der Waals surface area contributed by atoms with Gasteiger partial charge in [0, 0.05) is 19.4 Å². The Morgan fingerprint density at radius 1 is 1.26 bits per heavy atom. The molecule has 1 aromatic heterocycles. The fraction of sp³-hybridized carbons (Fsp3) is 0.733. The van der Waals surface area contributed by atoms with Gasteiger partial charge in [-0.3, -0.25) is 9.69 Å². The Morgan fingerprint density at radius 2 is 1.89 bits per heavy atom. The van der Waals surface area contributed by atoms with Crippen LogP contribution in [0, 0.1) is 0 Å². The molecule has 19 heavy (non-hydrogen) atoms. The van der Waals surface area contributed by atoms with E-state index in [2.05, 4.69) is 23.7 Å². The predicted molar refractivity (Wildman–Crippen MR) is 76.0 cm³/mol. The highest BCUT2D eigenvalue weighted by molar-refractivity contribution is 5.88. The van der Waals surface area contributed by atoms with Crippen molar-refractivity contribution in [1.29, 1.82) is 0 Å². The van der Waals surface area contributed by atoms with E-state index >= 15 is 0 Å². The average Bonchev–Trinajstić information content (AvgIpc) is 2.64. The smallest absolute Gasteiger partial charge is 0.160 e. The van der Waals surface area contributed by atoms with Crippen molar-refractivity contribution in [3.05, 3.63) is 18.2 Å². The Kier molecular flexibility index (Phi) is 4.40. The van der Waals surface area contributed by atoms with Crippen molar-refractivity contribution in [2.45, 2.75) is 51.5 Å². The Bertz CT molecular complexity index is 428. The molecule has 1 fully saturated rings. The lowest BCUT2D eigenvalue weighted by atomic mass is 9.93. The molecule has 0 spiro atoms. The molecule has 1 aliphatic heterocycles. The number of nitrogens with zero attached hydrogens (tertiary/aromatic N) is 3. The van der Waals surface area contributed by atoms with Crippen LogP contribution < -0.4 is 0 Å². The highest BCUT2D eigenvalue weighted by Gasteiger charge is 2.34. The van der Waals surface area contributed by atoms with Crippen molar-refractivity contribution >= 4 is 5.78 Å². The summed E-state index contributed by atoms with van der Waals surface area (Å²) in [6, 6.07) is 0. The highest BCUT2D eigenvalue weighted by Crippen LogP contribution is 2.22. The summed E-state index contributed by atoms with van der Waals surface area (Å²) in [6.45, 7) is 6.20. The van der Waals surface area contributed by atoms with Crippen LogP contribution in [0.4, 0.5) is 0 Å². The van der Waals surface area contributed by atoms with E-state index in [4.69, 9.17) is 0 Å². The molecule has 0 aliphatic carbocycles. The summed E-state index contributed by atoms with van der Waals surface area (Å²) in [7, 11) is 1.94. The van der Waals surface area contributed by atoms with Crippen molar-refractivity contribution in [2.24, 2.45) is 7.05 Å². The van der Waals surface area contributed by atoms with E-state index in [-0.39, 0.29) is 11.3 Å². The molecule has 2 rings (SSSR count). The van der Waals surface area contributed by atoms with Crippen molar-refractivity contribution in [1.82, 2.24) is 14.5 Å². The average molecular weight is 263 g/mol. The number of imidazole rings is 1. The van der Waals surface area contributed by atoms with Crippen molar-refractivity contribution in [2.75, 3.05) is 13.1 Å². The van der Waals surface area contributed by atoms with E-state index in [1.165, 1.54) is 25.7 Å². The van der Waals surface area contributed by atoms with E-state index in [1.807, 2.05) is 17.8 Å². The fourth-order valence-electron chi connectivity index (χ4n) is 2.73. The second kappa shape index (κ2) is 5.87. The fourth-order valence-corrected chi connectivity index (χ4v) is 2.73. The minimum absolute atomic E-state index is 0.267. The van der Waals surface area contributed by atoms with Gasteiger partial charge in [-0.25, -0.2) is 4.98 Å². The lowest BCUT2D eigenvalue weighted by Crippen LogP contribution is -2.51. The van der Waals surface area contributed by atoms with Crippen molar-refractivity contribution in [3.63, 3.8) is 0 Å². The molecule has 1 aromatic rings. The predicted octanol–water partition coefficient (Wildman–Crippen LogP) is 2.19. The van der Waals surface area contributed by atoms with Crippen molar-refractivity contribution < 1.29 is 4.79 Å². The van der Waals surface area contributed by atoms with Crippen LogP contribution in [0.25, 0.3) is 0 Å². The number of likely N-dealkylation sites (tertiary alicyclic amines) is 1. The van der Waals surface area contributed by atoms with Gasteiger partial charge in [-0.2, -0.15) is 0 Å². The molecule has 0 atom stereocenters. The molecule has 4 nitrogen and oxygen atoms in total. The van der Waals surface area contributed by atoms with Gasteiger partial charge in [-0.15, -0.1) is 0 Å². The summed E-state index contributed by atoms with van der Waals surface area (Å²) in [5.41, 5.74) is -0.379. The van der Waals surface area contributed by atoms with Crippen LogP contribution >= 0.6 is 0 Å². The summed E-state index contributed by atoms with van der Waals surface area (Å²) in [5.74, 6) is 1.12. The third-order valence-electron chi connectivity index (χ3n) is 4.32. The molecular formula is C15H25N3O. The Hall–Kier alpha value is -1.16. The van der Waals surface area contributed by atoms with E-state index in [0.29, 0.717) is 6.42 Å². The molecule has 0 unspecified atom stereocenters. The van der Waals surface area contributed by atoms with Gasteiger partial charge in [0.2, 0.25) is 0 Å². The first-order chi connectivity index (χ1) is 9.01. The second-order valence-corrected chi connectivity index (χ2v) is 6.01. The van der Waals surface area contributed by atoms with Crippen LogP contribution in [0.2, 0.25) is 0 Å². The van der Waals surface area contributed by atoms with Gasteiger partial charge in [0.1, 0.15) is 5.82 Å². The van der Waals surface area contributed by atoms with Gasteiger partial charge in [-0.05, 0) is 39.8 Å². The first-order valence-electron chi connectivity index (χ1n) is 7.26.